The van der Waals surface area contributed by atoms with Crippen LogP contribution in [0.2, 0.25) is 0 Å². The lowest BCUT2D eigenvalue weighted by Crippen LogP contribution is -2.38. The molecule has 2 rings (SSSR count). The van der Waals surface area contributed by atoms with Gasteiger partial charge >= 0.3 is 6.18 Å². The van der Waals surface area contributed by atoms with E-state index in [1.165, 1.54) is 43.6 Å². The van der Waals surface area contributed by atoms with Gasteiger partial charge in [0.15, 0.2) is 0 Å². The van der Waals surface area contributed by atoms with Gasteiger partial charge in [-0.3, -0.25) is 0 Å². The molecule has 0 saturated heterocycles. The predicted octanol–water partition coefficient (Wildman–Crippen LogP) is 3.82. The quantitative estimate of drug-likeness (QED) is 0.767. The van der Waals surface area contributed by atoms with E-state index in [1.54, 1.807) is 16.8 Å². The van der Waals surface area contributed by atoms with E-state index in [4.69, 9.17) is 4.74 Å². The number of sulfonamides is 1. The molecule has 0 fully saturated rings. The fourth-order valence-electron chi connectivity index (χ4n) is 2.19. The predicted molar refractivity (Wildman–Crippen MR) is 85.7 cm³/mol. The van der Waals surface area contributed by atoms with Crippen molar-refractivity contribution in [1.29, 1.82) is 0 Å². The fourth-order valence-corrected chi connectivity index (χ4v) is 4.47. The zero-order valence-corrected chi connectivity index (χ0v) is 14.6. The minimum atomic E-state index is -4.64. The molecule has 0 spiro atoms. The van der Waals surface area contributed by atoms with Crippen LogP contribution in [0, 0.1) is 6.92 Å². The summed E-state index contributed by atoms with van der Waals surface area (Å²) in [4.78, 5) is -0.164. The van der Waals surface area contributed by atoms with Crippen molar-refractivity contribution in [2.24, 2.45) is 0 Å². The number of hydrogen-bond donors (Lipinski definition) is 0. The molecule has 132 valence electrons. The molecule has 0 atom stereocenters. The molecule has 1 aromatic heterocycles. The van der Waals surface area contributed by atoms with Gasteiger partial charge in [-0.2, -0.15) is 28.8 Å². The average Bonchev–Trinajstić information content (AvgIpc) is 2.97. The van der Waals surface area contributed by atoms with Gasteiger partial charge in [0, 0.05) is 6.54 Å². The summed E-state index contributed by atoms with van der Waals surface area (Å²) in [6.07, 6.45) is -4.64. The Bertz CT molecular complexity index is 787. The maximum Gasteiger partial charge on any atom is 0.402 e. The number of halogens is 3. The van der Waals surface area contributed by atoms with Crippen molar-refractivity contribution in [2.75, 3.05) is 13.7 Å². The second-order valence-corrected chi connectivity index (χ2v) is 7.84. The Hall–Kier alpha value is -1.58. The van der Waals surface area contributed by atoms with E-state index >= 15 is 0 Å². The lowest BCUT2D eigenvalue weighted by molar-refractivity contribution is -0.136. The monoisotopic (exact) mass is 379 g/mol. The summed E-state index contributed by atoms with van der Waals surface area (Å²) in [6.45, 7) is -0.362. The van der Waals surface area contributed by atoms with Crippen LogP contribution in [0.3, 0.4) is 0 Å². The zero-order valence-electron chi connectivity index (χ0n) is 13.0. The highest BCUT2D eigenvalue weighted by Crippen LogP contribution is 2.28. The van der Waals surface area contributed by atoms with Gasteiger partial charge < -0.3 is 4.74 Å². The van der Waals surface area contributed by atoms with Crippen molar-refractivity contribution < 1.29 is 26.3 Å². The molecular weight excluding hydrogens is 363 g/mol. The first-order chi connectivity index (χ1) is 11.1. The van der Waals surface area contributed by atoms with Crippen LogP contribution >= 0.6 is 11.3 Å². The number of thiophene rings is 1. The van der Waals surface area contributed by atoms with Gasteiger partial charge in [-0.1, -0.05) is 0 Å². The number of nitrogens with zero attached hydrogens (tertiary/aromatic N) is 1. The largest absolute Gasteiger partial charge is 0.497 e. The second-order valence-electron chi connectivity index (χ2n) is 5.15. The summed E-state index contributed by atoms with van der Waals surface area (Å²) in [6, 6.07) is 5.75. The molecule has 0 aliphatic heterocycles. The van der Waals surface area contributed by atoms with E-state index in [2.05, 4.69) is 0 Å². The number of ether oxygens (including phenoxy) is 1. The minimum absolute atomic E-state index is 0.164. The van der Waals surface area contributed by atoms with Crippen molar-refractivity contribution >= 4 is 21.4 Å². The van der Waals surface area contributed by atoms with E-state index in [9.17, 15) is 21.6 Å². The number of hydrogen-bond acceptors (Lipinski definition) is 4. The van der Waals surface area contributed by atoms with Crippen LogP contribution in [0.1, 0.15) is 11.1 Å². The van der Waals surface area contributed by atoms with Crippen LogP contribution < -0.4 is 4.74 Å². The summed E-state index contributed by atoms with van der Waals surface area (Å²) in [5.74, 6) is 0.437. The minimum Gasteiger partial charge on any atom is -0.497 e. The third-order valence-corrected chi connectivity index (χ3v) is 5.98. The first-order valence-corrected chi connectivity index (χ1v) is 9.24. The lowest BCUT2D eigenvalue weighted by atomic mass is 10.2. The normalized spacial score (nSPS) is 12.6. The smallest absolute Gasteiger partial charge is 0.402 e. The van der Waals surface area contributed by atoms with Crippen LogP contribution in [0.4, 0.5) is 13.2 Å². The van der Waals surface area contributed by atoms with E-state index in [0.29, 0.717) is 21.2 Å². The van der Waals surface area contributed by atoms with Crippen molar-refractivity contribution in [1.82, 2.24) is 4.31 Å². The third kappa shape index (κ3) is 4.49. The Morgan fingerprint density at radius 3 is 2.46 bits per heavy atom. The highest BCUT2D eigenvalue weighted by molar-refractivity contribution is 7.89. The summed E-state index contributed by atoms with van der Waals surface area (Å²) in [7, 11) is -2.88. The molecule has 2 aromatic rings. The SMILES string of the molecule is COc1ccc(S(=O)(=O)N(Cc2ccsc2)CC(F)(F)F)c(C)c1. The highest BCUT2D eigenvalue weighted by atomic mass is 32.2. The van der Waals surface area contributed by atoms with E-state index in [0.717, 1.165) is 0 Å². The highest BCUT2D eigenvalue weighted by Gasteiger charge is 2.37. The van der Waals surface area contributed by atoms with Crippen molar-refractivity contribution in [3.63, 3.8) is 0 Å². The molecule has 0 aliphatic carbocycles. The Labute approximate surface area is 142 Å². The molecule has 4 nitrogen and oxygen atoms in total. The summed E-state index contributed by atoms with van der Waals surface area (Å²) >= 11 is 1.29. The first kappa shape index (κ1) is 18.8. The average molecular weight is 379 g/mol. The Balaban J connectivity index is 2.42. The molecule has 0 bridgehead atoms. The van der Waals surface area contributed by atoms with Gasteiger partial charge in [0.1, 0.15) is 12.3 Å². The topological polar surface area (TPSA) is 46.6 Å². The number of benzene rings is 1. The van der Waals surface area contributed by atoms with Crippen molar-refractivity contribution in [3.05, 3.63) is 46.2 Å². The number of methoxy groups -OCH3 is 1. The second kappa shape index (κ2) is 7.12. The van der Waals surface area contributed by atoms with E-state index < -0.39 is 22.7 Å². The van der Waals surface area contributed by atoms with Crippen LogP contribution in [0.15, 0.2) is 39.9 Å². The lowest BCUT2D eigenvalue weighted by Gasteiger charge is -2.24. The standard InChI is InChI=1S/C15H16F3NO3S2/c1-11-7-13(22-2)3-4-14(11)24(20,21)19(10-15(16,17)18)8-12-5-6-23-9-12/h3-7,9H,8,10H2,1-2H3. The molecule has 0 N–H and O–H groups in total. The van der Waals surface area contributed by atoms with Gasteiger partial charge in [0.05, 0.1) is 12.0 Å². The molecule has 0 radical (unpaired) electrons. The van der Waals surface area contributed by atoms with Crippen molar-refractivity contribution in [2.45, 2.75) is 24.5 Å². The Morgan fingerprint density at radius 2 is 1.96 bits per heavy atom. The maximum atomic E-state index is 12.9. The molecule has 1 aromatic carbocycles. The van der Waals surface area contributed by atoms with Gasteiger partial charge in [0.2, 0.25) is 10.0 Å². The molecule has 0 saturated carbocycles. The van der Waals surface area contributed by atoms with E-state index in [-0.39, 0.29) is 11.4 Å². The van der Waals surface area contributed by atoms with Gasteiger partial charge in [-0.25, -0.2) is 8.42 Å². The molecule has 0 amide bonds. The first-order valence-electron chi connectivity index (χ1n) is 6.86. The molecule has 1 heterocycles. The van der Waals surface area contributed by atoms with Crippen LogP contribution in [-0.2, 0) is 16.6 Å². The van der Waals surface area contributed by atoms with Crippen molar-refractivity contribution in [3.8, 4) is 5.75 Å². The Kier molecular flexibility index (Phi) is 5.56. The molecule has 0 unspecified atom stereocenters. The Morgan fingerprint density at radius 1 is 1.25 bits per heavy atom. The van der Waals surface area contributed by atoms with Crippen LogP contribution in [0.25, 0.3) is 0 Å². The summed E-state index contributed by atoms with van der Waals surface area (Å²) in [5.41, 5.74) is 0.839. The van der Waals surface area contributed by atoms with Crippen LogP contribution in [0.5, 0.6) is 5.75 Å². The summed E-state index contributed by atoms with van der Waals surface area (Å²) in [5, 5.41) is 3.31. The number of alkyl halides is 3. The third-order valence-electron chi connectivity index (χ3n) is 3.29. The molecular formula is C15H16F3NO3S2. The van der Waals surface area contributed by atoms with Crippen LogP contribution in [-0.4, -0.2) is 32.6 Å². The summed E-state index contributed by atoms with van der Waals surface area (Å²) < 4.78 is 69.6. The number of rotatable bonds is 6. The van der Waals surface area contributed by atoms with E-state index in [1.807, 2.05) is 0 Å². The fraction of sp³-hybridized carbons (Fsp3) is 0.333. The van der Waals surface area contributed by atoms with Gasteiger partial charge in [-0.15, -0.1) is 0 Å². The zero-order chi connectivity index (χ0) is 18.0. The van der Waals surface area contributed by atoms with Gasteiger partial charge in [0.25, 0.3) is 0 Å². The maximum absolute atomic E-state index is 12.9. The molecule has 0 aliphatic rings. The molecule has 24 heavy (non-hydrogen) atoms. The molecule has 9 heteroatoms. The van der Waals surface area contributed by atoms with Gasteiger partial charge in [-0.05, 0) is 53.1 Å². The number of aryl methyl sites for hydroxylation is 1.